The molecule has 35 heavy (non-hydrogen) atoms. The zero-order valence-corrected chi connectivity index (χ0v) is 21.9. The Kier molecular flexibility index (Phi) is 4.87. The van der Waals surface area contributed by atoms with Crippen molar-refractivity contribution >= 4 is 9.84 Å². The lowest BCUT2D eigenvalue weighted by Crippen LogP contribution is -2.67. The molecule has 0 N–H and O–H groups in total. The molecule has 6 aliphatic carbocycles. The summed E-state index contributed by atoms with van der Waals surface area (Å²) in [7, 11) is -1.77. The molecule has 2 unspecified atom stereocenters. The molecular formula is C29H37NO4S. The molecule has 6 heteroatoms. The van der Waals surface area contributed by atoms with Gasteiger partial charge in [0.15, 0.2) is 0 Å². The second kappa shape index (κ2) is 7.43. The van der Waals surface area contributed by atoms with Crippen LogP contribution in [0, 0.1) is 39.9 Å². The molecule has 1 aromatic carbocycles. The monoisotopic (exact) mass is 495 g/mol. The molecule has 4 saturated carbocycles. The minimum Gasteiger partial charge on any atom is -0.359 e. The number of fused-ring (bicyclic) bond motifs is 1. The maximum absolute atomic E-state index is 13.9. The molecule has 5 nitrogen and oxygen atoms in total. The first-order valence-corrected chi connectivity index (χ1v) is 14.9. The van der Waals surface area contributed by atoms with Crippen LogP contribution in [0.5, 0.6) is 0 Å². The fraction of sp³-hybridized carbons (Fsp3) is 0.655. The minimum atomic E-state index is -3.48. The molecule has 5 fully saturated rings. The standard InChI is InChI=1S/C29H37NO4S/c1-4-30-17-27(2)12-11-25(34-18-33-3)29-23(27)15-21(26(29)30)28-13-10-19(14-24(28)29)22(16-28)35(31,32)20-8-6-5-7-9-20/h5-9,16,19,21,25-26H,4,10-15,17-18H2,1-3H3/t19-,21?,25-,26+,27-,28-,29?/m0/s1. The zero-order valence-electron chi connectivity index (χ0n) is 21.1. The molecule has 8 rings (SSSR count). The number of hydrogen-bond acceptors (Lipinski definition) is 5. The average Bonchev–Trinajstić information content (AvgIpc) is 3.31. The van der Waals surface area contributed by atoms with Crippen LogP contribution in [-0.4, -0.2) is 52.5 Å². The highest BCUT2D eigenvalue weighted by Gasteiger charge is 2.83. The van der Waals surface area contributed by atoms with Crippen molar-refractivity contribution in [2.45, 2.75) is 69.4 Å². The van der Waals surface area contributed by atoms with Gasteiger partial charge in [-0.3, -0.25) is 4.90 Å². The normalized spacial score (nSPS) is 44.5. The van der Waals surface area contributed by atoms with Crippen LogP contribution >= 0.6 is 0 Å². The minimum absolute atomic E-state index is 0.0539. The number of allylic oxidation sites excluding steroid dienone is 2. The van der Waals surface area contributed by atoms with E-state index in [4.69, 9.17) is 9.47 Å². The average molecular weight is 496 g/mol. The Balaban J connectivity index is 1.40. The van der Waals surface area contributed by atoms with Gasteiger partial charge in [0.2, 0.25) is 9.84 Å². The third-order valence-corrected chi connectivity index (χ3v) is 12.9. The highest BCUT2D eigenvalue weighted by molar-refractivity contribution is 7.95. The Hall–Kier alpha value is -1.21. The summed E-state index contributed by atoms with van der Waals surface area (Å²) in [5, 5.41) is 0. The highest BCUT2D eigenvalue weighted by Crippen LogP contribution is 2.84. The summed E-state index contributed by atoms with van der Waals surface area (Å²) >= 11 is 0. The quantitative estimate of drug-likeness (QED) is 0.531. The highest BCUT2D eigenvalue weighted by atomic mass is 32.2. The molecule has 7 bridgehead atoms. The zero-order chi connectivity index (χ0) is 24.2. The molecule has 1 heterocycles. The Morgan fingerprint density at radius 2 is 1.89 bits per heavy atom. The van der Waals surface area contributed by atoms with Crippen LogP contribution in [0.2, 0.25) is 0 Å². The number of benzene rings is 1. The van der Waals surface area contributed by atoms with E-state index in [-0.39, 0.29) is 28.3 Å². The molecule has 1 aromatic rings. The third kappa shape index (κ3) is 2.63. The van der Waals surface area contributed by atoms with Crippen LogP contribution in [0.3, 0.4) is 0 Å². The largest absolute Gasteiger partial charge is 0.359 e. The van der Waals surface area contributed by atoms with Crippen molar-refractivity contribution in [2.24, 2.45) is 28.1 Å². The number of likely N-dealkylation sites (tertiary alicyclic amines) is 1. The Bertz CT molecular complexity index is 1170. The topological polar surface area (TPSA) is 55.8 Å². The number of nitrogens with zero attached hydrogens (tertiary/aromatic N) is 1. The van der Waals surface area contributed by atoms with Gasteiger partial charge in [0.25, 0.3) is 0 Å². The molecule has 188 valence electrons. The molecule has 1 aliphatic heterocycles. The smallest absolute Gasteiger partial charge is 0.202 e. The van der Waals surface area contributed by atoms with Crippen molar-refractivity contribution in [1.82, 2.24) is 4.90 Å². The lowest BCUT2D eigenvalue weighted by Gasteiger charge is -2.66. The number of piperidine rings is 1. The lowest BCUT2D eigenvalue weighted by molar-refractivity contribution is -0.165. The van der Waals surface area contributed by atoms with E-state index in [9.17, 15) is 8.42 Å². The van der Waals surface area contributed by atoms with E-state index in [1.165, 1.54) is 6.42 Å². The molecule has 1 saturated heterocycles. The van der Waals surface area contributed by atoms with Crippen molar-refractivity contribution in [3.8, 4) is 0 Å². The Labute approximate surface area is 210 Å². The molecule has 0 aromatic heterocycles. The van der Waals surface area contributed by atoms with Gasteiger partial charge < -0.3 is 9.47 Å². The number of rotatable bonds is 6. The number of sulfone groups is 1. The third-order valence-electron chi connectivity index (χ3n) is 11.0. The van der Waals surface area contributed by atoms with Gasteiger partial charge in [-0.25, -0.2) is 8.42 Å². The number of methoxy groups -OCH3 is 1. The van der Waals surface area contributed by atoms with Crippen LogP contribution in [0.25, 0.3) is 0 Å². The van der Waals surface area contributed by atoms with Gasteiger partial charge in [-0.1, -0.05) is 38.1 Å². The van der Waals surface area contributed by atoms with Crippen molar-refractivity contribution in [3.63, 3.8) is 0 Å². The summed E-state index contributed by atoms with van der Waals surface area (Å²) < 4.78 is 39.7. The first kappa shape index (κ1) is 22.9. The maximum Gasteiger partial charge on any atom is 0.202 e. The van der Waals surface area contributed by atoms with Gasteiger partial charge in [-0.15, -0.1) is 0 Å². The van der Waals surface area contributed by atoms with Crippen LogP contribution in [0.1, 0.15) is 52.4 Å². The summed E-state index contributed by atoms with van der Waals surface area (Å²) in [4.78, 5) is 3.88. The number of ether oxygens (including phenoxy) is 2. The van der Waals surface area contributed by atoms with Crippen LogP contribution < -0.4 is 0 Å². The summed E-state index contributed by atoms with van der Waals surface area (Å²) in [6.45, 7) is 7.28. The first-order valence-electron chi connectivity index (χ1n) is 13.4. The summed E-state index contributed by atoms with van der Waals surface area (Å²) in [5.41, 5.74) is 0.0502. The van der Waals surface area contributed by atoms with Crippen molar-refractivity contribution in [1.29, 1.82) is 0 Å². The molecule has 7 atom stereocenters. The predicted octanol–water partition coefficient (Wildman–Crippen LogP) is 4.81. The fourth-order valence-electron chi connectivity index (χ4n) is 9.89. The van der Waals surface area contributed by atoms with E-state index in [0.29, 0.717) is 28.6 Å². The molecular weight excluding hydrogens is 458 g/mol. The maximum atomic E-state index is 13.9. The van der Waals surface area contributed by atoms with Crippen molar-refractivity contribution in [3.05, 3.63) is 53.1 Å². The Morgan fingerprint density at radius 1 is 1.09 bits per heavy atom. The van der Waals surface area contributed by atoms with E-state index >= 15 is 0 Å². The SMILES string of the molecule is CCN1C[C@]2(C)CC[C@H](OCOC)C34[C]2CC([C@@H]13)[C@@]12C=C(S(=O)(=O)c3ccccc3)[C@@H](CC1)C[C]42. The van der Waals surface area contributed by atoms with E-state index in [1.807, 2.05) is 18.2 Å². The van der Waals surface area contributed by atoms with E-state index in [0.717, 1.165) is 45.2 Å². The van der Waals surface area contributed by atoms with E-state index < -0.39 is 9.84 Å². The molecule has 2 spiro atoms. The fourth-order valence-corrected chi connectivity index (χ4v) is 11.7. The van der Waals surface area contributed by atoms with Gasteiger partial charge in [-0.05, 0) is 86.3 Å². The van der Waals surface area contributed by atoms with Gasteiger partial charge in [0.1, 0.15) is 6.79 Å². The van der Waals surface area contributed by atoms with Gasteiger partial charge in [0.05, 0.1) is 11.0 Å². The first-order chi connectivity index (χ1) is 16.8. The van der Waals surface area contributed by atoms with E-state index in [2.05, 4.69) is 24.8 Å². The van der Waals surface area contributed by atoms with Gasteiger partial charge in [-0.2, -0.15) is 0 Å². The summed E-state index contributed by atoms with van der Waals surface area (Å²) in [6, 6.07) is 9.48. The molecule has 0 amide bonds. The number of hydrogen-bond donors (Lipinski definition) is 0. The lowest BCUT2D eigenvalue weighted by atomic mass is 9.41. The van der Waals surface area contributed by atoms with Crippen molar-refractivity contribution in [2.75, 3.05) is 27.0 Å². The molecule has 2 radical (unpaired) electrons. The van der Waals surface area contributed by atoms with Gasteiger partial charge in [0, 0.05) is 35.4 Å². The van der Waals surface area contributed by atoms with Crippen LogP contribution in [0.15, 0.2) is 46.2 Å². The second-order valence-electron chi connectivity index (χ2n) is 12.1. The van der Waals surface area contributed by atoms with Crippen LogP contribution in [-0.2, 0) is 19.3 Å². The predicted molar refractivity (Wildman–Crippen MR) is 134 cm³/mol. The van der Waals surface area contributed by atoms with Crippen molar-refractivity contribution < 1.29 is 17.9 Å². The summed E-state index contributed by atoms with van der Waals surface area (Å²) in [5.74, 6) is 3.88. The Morgan fingerprint density at radius 3 is 2.63 bits per heavy atom. The second-order valence-corrected chi connectivity index (χ2v) is 14.1. The van der Waals surface area contributed by atoms with E-state index in [1.54, 1.807) is 31.1 Å². The van der Waals surface area contributed by atoms with Crippen LogP contribution in [0.4, 0.5) is 0 Å². The van der Waals surface area contributed by atoms with Gasteiger partial charge >= 0.3 is 0 Å². The summed E-state index contributed by atoms with van der Waals surface area (Å²) in [6.07, 6.45) is 8.71. The molecule has 7 aliphatic rings.